The molecule has 4 rings (SSSR count). The molecule has 4 aromatic carbocycles. The van der Waals surface area contributed by atoms with E-state index < -0.39 is 0 Å². The first-order valence-electron chi connectivity index (χ1n) is 10.1. The number of fused-ring (bicyclic) bond motifs is 1. The Morgan fingerprint density at radius 3 is 1.61 bits per heavy atom. The monoisotopic (exact) mass is 446 g/mol. The number of rotatable bonds is 5. The second kappa shape index (κ2) is 8.66. The number of aryl methyl sites for hydroxylation is 2. The van der Waals surface area contributed by atoms with Gasteiger partial charge in [-0.25, -0.2) is 0 Å². The molecule has 4 aromatic rings. The molecule has 154 valence electrons. The zero-order valence-electron chi connectivity index (χ0n) is 17.2. The van der Waals surface area contributed by atoms with Crippen LogP contribution in [0.25, 0.3) is 10.8 Å². The van der Waals surface area contributed by atoms with E-state index in [1.165, 1.54) is 0 Å². The van der Waals surface area contributed by atoms with Gasteiger partial charge in [-0.3, -0.25) is 9.59 Å². The molecule has 0 saturated heterocycles. The number of hydrogen-bond donors (Lipinski definition) is 0. The van der Waals surface area contributed by atoms with Crippen LogP contribution in [0.15, 0.2) is 72.8 Å². The van der Waals surface area contributed by atoms with Crippen LogP contribution >= 0.6 is 23.2 Å². The molecule has 4 heteroatoms. The van der Waals surface area contributed by atoms with Crippen LogP contribution in [0.4, 0.5) is 0 Å². The van der Waals surface area contributed by atoms with Gasteiger partial charge in [-0.05, 0) is 83.8 Å². The molecule has 0 radical (unpaired) electrons. The quantitative estimate of drug-likeness (QED) is 0.297. The van der Waals surface area contributed by atoms with Gasteiger partial charge in [0.2, 0.25) is 0 Å². The van der Waals surface area contributed by atoms with Gasteiger partial charge in [-0.15, -0.1) is 0 Å². The molecular weight excluding hydrogens is 427 g/mol. The standard InChI is InChI=1S/C27H20Cl2O2/c1-3-17-9-15-22-23(25(17)27(31)19-7-12-21(29)13-8-19)14-4-16(2)24(22)26(30)18-5-10-20(28)11-6-18/h4-15H,3H2,1-2H3. The molecule has 0 heterocycles. The topological polar surface area (TPSA) is 34.1 Å². The van der Waals surface area contributed by atoms with E-state index in [2.05, 4.69) is 0 Å². The molecule has 0 unspecified atom stereocenters. The Hall–Kier alpha value is -2.94. The lowest BCUT2D eigenvalue weighted by Crippen LogP contribution is -2.09. The van der Waals surface area contributed by atoms with Crippen molar-refractivity contribution in [2.45, 2.75) is 20.3 Å². The third kappa shape index (κ3) is 4.01. The Bertz CT molecular complexity index is 1300. The predicted octanol–water partition coefficient (Wildman–Crippen LogP) is 7.48. The molecule has 2 nitrogen and oxygen atoms in total. The van der Waals surface area contributed by atoms with Crippen LogP contribution in [0, 0.1) is 6.92 Å². The SMILES string of the molecule is CCc1ccc2c(C(=O)c3ccc(Cl)cc3)c(C)ccc2c1C(=O)c1ccc(Cl)cc1. The summed E-state index contributed by atoms with van der Waals surface area (Å²) in [5.41, 5.74) is 4.17. The Morgan fingerprint density at radius 1 is 0.645 bits per heavy atom. The lowest BCUT2D eigenvalue weighted by Gasteiger charge is -2.16. The van der Waals surface area contributed by atoms with Gasteiger partial charge >= 0.3 is 0 Å². The highest BCUT2D eigenvalue weighted by atomic mass is 35.5. The average molecular weight is 447 g/mol. The van der Waals surface area contributed by atoms with Gasteiger partial charge in [0.15, 0.2) is 11.6 Å². The number of halogens is 2. The molecule has 0 aliphatic carbocycles. The fraction of sp³-hybridized carbons (Fsp3) is 0.111. The highest BCUT2D eigenvalue weighted by molar-refractivity contribution is 6.31. The van der Waals surface area contributed by atoms with E-state index in [0.29, 0.717) is 38.7 Å². The van der Waals surface area contributed by atoms with Gasteiger partial charge < -0.3 is 0 Å². The molecule has 0 aliphatic heterocycles. The zero-order chi connectivity index (χ0) is 22.1. The molecular formula is C27H20Cl2O2. The Labute approximate surface area is 191 Å². The van der Waals surface area contributed by atoms with Crippen LogP contribution in [0.2, 0.25) is 10.0 Å². The van der Waals surface area contributed by atoms with Crippen molar-refractivity contribution < 1.29 is 9.59 Å². The van der Waals surface area contributed by atoms with Gasteiger partial charge in [0.25, 0.3) is 0 Å². The highest BCUT2D eigenvalue weighted by Crippen LogP contribution is 2.31. The Morgan fingerprint density at radius 2 is 1.10 bits per heavy atom. The van der Waals surface area contributed by atoms with E-state index in [1.807, 2.05) is 38.1 Å². The van der Waals surface area contributed by atoms with Crippen molar-refractivity contribution in [3.8, 4) is 0 Å². The molecule has 0 bridgehead atoms. The Kier molecular flexibility index (Phi) is 5.95. The second-order valence-corrected chi connectivity index (χ2v) is 8.35. The third-order valence-electron chi connectivity index (χ3n) is 5.54. The van der Waals surface area contributed by atoms with E-state index in [4.69, 9.17) is 23.2 Å². The van der Waals surface area contributed by atoms with Gasteiger partial charge in [-0.2, -0.15) is 0 Å². The molecule has 31 heavy (non-hydrogen) atoms. The minimum atomic E-state index is -0.0890. The van der Waals surface area contributed by atoms with Crippen molar-refractivity contribution >= 4 is 45.5 Å². The minimum Gasteiger partial charge on any atom is -0.289 e. The fourth-order valence-corrected chi connectivity index (χ4v) is 4.17. The van der Waals surface area contributed by atoms with Crippen LogP contribution in [0.5, 0.6) is 0 Å². The first kappa shape index (κ1) is 21.3. The maximum absolute atomic E-state index is 13.5. The first-order chi connectivity index (χ1) is 14.9. The Balaban J connectivity index is 1.94. The summed E-state index contributed by atoms with van der Waals surface area (Å²) in [5.74, 6) is -0.165. The van der Waals surface area contributed by atoms with E-state index in [9.17, 15) is 9.59 Å². The molecule has 0 saturated carbocycles. The van der Waals surface area contributed by atoms with Crippen LogP contribution < -0.4 is 0 Å². The number of ketones is 2. The fourth-order valence-electron chi connectivity index (χ4n) is 3.92. The molecule has 0 N–H and O–H groups in total. The zero-order valence-corrected chi connectivity index (χ0v) is 18.7. The number of carbonyl (C=O) groups is 2. The van der Waals surface area contributed by atoms with Crippen molar-refractivity contribution in [2.24, 2.45) is 0 Å². The summed E-state index contributed by atoms with van der Waals surface area (Å²) in [6.45, 7) is 3.94. The number of benzene rings is 4. The number of carbonyl (C=O) groups excluding carboxylic acids is 2. The summed E-state index contributed by atoms with van der Waals surface area (Å²) in [7, 11) is 0. The number of hydrogen-bond acceptors (Lipinski definition) is 2. The van der Waals surface area contributed by atoms with E-state index in [1.54, 1.807) is 48.5 Å². The molecule has 0 amide bonds. The molecule has 0 aliphatic rings. The smallest absolute Gasteiger partial charge is 0.193 e. The summed E-state index contributed by atoms with van der Waals surface area (Å²) < 4.78 is 0. The normalized spacial score (nSPS) is 11.0. The van der Waals surface area contributed by atoms with Gasteiger partial charge in [-0.1, -0.05) is 54.4 Å². The summed E-state index contributed by atoms with van der Waals surface area (Å²) in [6.07, 6.45) is 0.707. The average Bonchev–Trinajstić information content (AvgIpc) is 2.78. The third-order valence-corrected chi connectivity index (χ3v) is 6.05. The van der Waals surface area contributed by atoms with Crippen molar-refractivity contribution in [1.29, 1.82) is 0 Å². The first-order valence-corrected chi connectivity index (χ1v) is 10.8. The molecule has 0 fully saturated rings. The largest absolute Gasteiger partial charge is 0.289 e. The maximum Gasteiger partial charge on any atom is 0.193 e. The summed E-state index contributed by atoms with van der Waals surface area (Å²) in [5, 5.41) is 2.71. The maximum atomic E-state index is 13.5. The summed E-state index contributed by atoms with van der Waals surface area (Å²) in [4.78, 5) is 26.9. The van der Waals surface area contributed by atoms with Gasteiger partial charge in [0, 0.05) is 32.3 Å². The lowest BCUT2D eigenvalue weighted by atomic mass is 9.87. The van der Waals surface area contributed by atoms with Crippen molar-refractivity contribution in [1.82, 2.24) is 0 Å². The van der Waals surface area contributed by atoms with E-state index >= 15 is 0 Å². The van der Waals surface area contributed by atoms with E-state index in [-0.39, 0.29) is 11.6 Å². The van der Waals surface area contributed by atoms with Crippen LogP contribution in [0.1, 0.15) is 49.9 Å². The molecule has 0 aromatic heterocycles. The van der Waals surface area contributed by atoms with Crippen molar-refractivity contribution in [2.75, 3.05) is 0 Å². The van der Waals surface area contributed by atoms with Crippen LogP contribution in [0.3, 0.4) is 0 Å². The van der Waals surface area contributed by atoms with Crippen LogP contribution in [-0.4, -0.2) is 11.6 Å². The molecule has 0 atom stereocenters. The predicted molar refractivity (Wildman–Crippen MR) is 128 cm³/mol. The van der Waals surface area contributed by atoms with Crippen molar-refractivity contribution in [3.63, 3.8) is 0 Å². The minimum absolute atomic E-state index is 0.0761. The summed E-state index contributed by atoms with van der Waals surface area (Å²) >= 11 is 12.0. The van der Waals surface area contributed by atoms with E-state index in [0.717, 1.165) is 21.9 Å². The van der Waals surface area contributed by atoms with Gasteiger partial charge in [0.05, 0.1) is 0 Å². The van der Waals surface area contributed by atoms with Crippen LogP contribution in [-0.2, 0) is 6.42 Å². The summed E-state index contributed by atoms with van der Waals surface area (Å²) in [6, 6.07) is 21.5. The second-order valence-electron chi connectivity index (χ2n) is 7.48. The lowest BCUT2D eigenvalue weighted by molar-refractivity contribution is 0.103. The van der Waals surface area contributed by atoms with Gasteiger partial charge in [0.1, 0.15) is 0 Å². The van der Waals surface area contributed by atoms with Crippen molar-refractivity contribution in [3.05, 3.63) is 116 Å². The highest BCUT2D eigenvalue weighted by Gasteiger charge is 2.21. The molecule has 0 spiro atoms.